The lowest BCUT2D eigenvalue weighted by atomic mass is 9.97. The molecule has 0 spiro atoms. The molecule has 0 unspecified atom stereocenters. The Morgan fingerprint density at radius 1 is 0.926 bits per heavy atom. The van der Waals surface area contributed by atoms with Crippen molar-refractivity contribution in [1.82, 2.24) is 0 Å². The van der Waals surface area contributed by atoms with Crippen molar-refractivity contribution in [2.45, 2.75) is 20.3 Å². The molecule has 0 amide bonds. The van der Waals surface area contributed by atoms with Crippen molar-refractivity contribution < 1.29 is 18.0 Å². The molecule has 1 aromatic heterocycles. The van der Waals surface area contributed by atoms with E-state index in [0.717, 1.165) is 16.7 Å². The minimum absolute atomic E-state index is 0.164. The molecule has 3 aromatic rings. The van der Waals surface area contributed by atoms with Crippen LogP contribution in [0, 0.1) is 5.41 Å². The molecule has 1 aliphatic heterocycles. The van der Waals surface area contributed by atoms with Crippen LogP contribution in [0.15, 0.2) is 71.1 Å². The maximum absolute atomic E-state index is 13.4. The summed E-state index contributed by atoms with van der Waals surface area (Å²) < 4.78 is 31.0. The summed E-state index contributed by atoms with van der Waals surface area (Å²) in [7, 11) is -3.49. The van der Waals surface area contributed by atoms with Gasteiger partial charge in [-0.1, -0.05) is 74.5 Å². The van der Waals surface area contributed by atoms with E-state index in [2.05, 4.69) is 0 Å². The normalized spacial score (nSPS) is 18.3. The maximum Gasteiger partial charge on any atom is 0.396 e. The van der Waals surface area contributed by atoms with Gasteiger partial charge in [0.05, 0.1) is 13.2 Å². The molecule has 1 saturated heterocycles. The lowest BCUT2D eigenvalue weighted by Gasteiger charge is -2.33. The predicted octanol–water partition coefficient (Wildman–Crippen LogP) is 5.43. The Morgan fingerprint density at radius 2 is 1.52 bits per heavy atom. The largest absolute Gasteiger partial charge is 0.448 e. The standard InChI is InChI=1S/C22H23O4P/c1-22(2)15-24-27(23,25-16-22)21-19(13-17-9-5-3-6-10-17)14-20(26-21)18-11-7-4-8-12-18/h3-12,14H,13,15-16H2,1-2H3. The predicted molar refractivity (Wildman–Crippen MR) is 106 cm³/mol. The molecule has 0 aliphatic carbocycles. The Labute approximate surface area is 159 Å². The first-order valence-electron chi connectivity index (χ1n) is 9.07. The molecular formula is C22H23O4P. The van der Waals surface area contributed by atoms with Crippen molar-refractivity contribution in [3.63, 3.8) is 0 Å². The molecule has 2 aromatic carbocycles. The summed E-state index contributed by atoms with van der Waals surface area (Å²) in [5.74, 6) is 0.670. The molecule has 27 heavy (non-hydrogen) atoms. The molecule has 4 nitrogen and oxygen atoms in total. The highest BCUT2D eigenvalue weighted by Gasteiger charge is 2.42. The molecule has 0 saturated carbocycles. The SMILES string of the molecule is CC1(C)COP(=O)(c2oc(-c3ccccc3)cc2Cc2ccccc2)OC1. The van der Waals surface area contributed by atoms with Crippen molar-refractivity contribution in [2.24, 2.45) is 5.41 Å². The zero-order valence-corrected chi connectivity index (χ0v) is 16.4. The third-order valence-electron chi connectivity index (χ3n) is 4.58. The van der Waals surface area contributed by atoms with Crippen LogP contribution in [0.1, 0.15) is 25.0 Å². The van der Waals surface area contributed by atoms with E-state index in [0.29, 0.717) is 30.9 Å². The molecular weight excluding hydrogens is 359 g/mol. The van der Waals surface area contributed by atoms with Gasteiger partial charge in [0.25, 0.3) is 0 Å². The molecule has 0 N–H and O–H groups in total. The summed E-state index contributed by atoms with van der Waals surface area (Å²) in [5, 5.41) is 0. The smallest absolute Gasteiger partial charge is 0.396 e. The fraction of sp³-hybridized carbons (Fsp3) is 0.273. The van der Waals surface area contributed by atoms with Gasteiger partial charge in [-0.05, 0) is 11.6 Å². The molecule has 140 valence electrons. The molecule has 4 rings (SSSR count). The molecule has 2 heterocycles. The van der Waals surface area contributed by atoms with E-state index in [-0.39, 0.29) is 5.41 Å². The summed E-state index contributed by atoms with van der Waals surface area (Å²) in [6.07, 6.45) is 0.604. The van der Waals surface area contributed by atoms with Gasteiger partial charge in [0.2, 0.25) is 5.50 Å². The summed E-state index contributed by atoms with van der Waals surface area (Å²) in [6.45, 7) is 4.80. The molecule has 1 fully saturated rings. The molecule has 0 radical (unpaired) electrons. The highest BCUT2D eigenvalue weighted by atomic mass is 31.2. The van der Waals surface area contributed by atoms with Crippen LogP contribution in [0.25, 0.3) is 11.3 Å². The van der Waals surface area contributed by atoms with Gasteiger partial charge < -0.3 is 13.5 Å². The third kappa shape index (κ3) is 3.93. The maximum atomic E-state index is 13.4. The quantitative estimate of drug-likeness (QED) is 0.565. The van der Waals surface area contributed by atoms with Gasteiger partial charge in [-0.3, -0.25) is 4.57 Å². The van der Waals surface area contributed by atoms with Crippen LogP contribution in [-0.2, 0) is 20.0 Å². The first-order chi connectivity index (χ1) is 13.0. The second kappa shape index (κ2) is 7.12. The topological polar surface area (TPSA) is 48.7 Å². The van der Waals surface area contributed by atoms with E-state index in [1.165, 1.54) is 0 Å². The van der Waals surface area contributed by atoms with E-state index >= 15 is 0 Å². The third-order valence-corrected chi connectivity index (χ3v) is 6.40. The van der Waals surface area contributed by atoms with Gasteiger partial charge in [-0.25, -0.2) is 0 Å². The van der Waals surface area contributed by atoms with Gasteiger partial charge >= 0.3 is 7.60 Å². The summed E-state index contributed by atoms with van der Waals surface area (Å²) >= 11 is 0. The van der Waals surface area contributed by atoms with E-state index in [1.54, 1.807) is 0 Å². The molecule has 1 aliphatic rings. The number of rotatable bonds is 4. The lowest BCUT2D eigenvalue weighted by Crippen LogP contribution is -2.32. The fourth-order valence-corrected chi connectivity index (χ4v) is 5.11. The van der Waals surface area contributed by atoms with Gasteiger partial charge in [0.1, 0.15) is 5.76 Å². The van der Waals surface area contributed by atoms with Crippen LogP contribution < -0.4 is 5.50 Å². The second-order valence-electron chi connectivity index (χ2n) is 7.68. The lowest BCUT2D eigenvalue weighted by molar-refractivity contribution is 0.0448. The Kier molecular flexibility index (Phi) is 4.81. The minimum atomic E-state index is -3.49. The van der Waals surface area contributed by atoms with E-state index in [9.17, 15) is 4.57 Å². The fourth-order valence-electron chi connectivity index (χ4n) is 3.05. The summed E-state index contributed by atoms with van der Waals surface area (Å²) in [4.78, 5) is 0. The van der Waals surface area contributed by atoms with E-state index < -0.39 is 7.60 Å². The number of hydrogen-bond donors (Lipinski definition) is 0. The summed E-state index contributed by atoms with van der Waals surface area (Å²) in [6, 6.07) is 21.8. The number of benzene rings is 2. The molecule has 5 heteroatoms. The second-order valence-corrected chi connectivity index (χ2v) is 9.60. The van der Waals surface area contributed by atoms with Crippen molar-refractivity contribution in [1.29, 1.82) is 0 Å². The van der Waals surface area contributed by atoms with Gasteiger partial charge in [-0.15, -0.1) is 0 Å². The minimum Gasteiger partial charge on any atom is -0.448 e. The van der Waals surface area contributed by atoms with Crippen LogP contribution in [-0.4, -0.2) is 13.2 Å². The van der Waals surface area contributed by atoms with Crippen LogP contribution in [0.4, 0.5) is 0 Å². The Balaban J connectivity index is 1.74. The van der Waals surface area contributed by atoms with Crippen molar-refractivity contribution in [3.05, 3.63) is 77.9 Å². The van der Waals surface area contributed by atoms with Crippen LogP contribution in [0.3, 0.4) is 0 Å². The molecule has 0 bridgehead atoms. The van der Waals surface area contributed by atoms with E-state index in [1.807, 2.05) is 80.6 Å². The zero-order valence-electron chi connectivity index (χ0n) is 15.6. The monoisotopic (exact) mass is 382 g/mol. The van der Waals surface area contributed by atoms with Crippen LogP contribution in [0.2, 0.25) is 0 Å². The van der Waals surface area contributed by atoms with Crippen LogP contribution in [0.5, 0.6) is 0 Å². The highest BCUT2D eigenvalue weighted by molar-refractivity contribution is 7.61. The Hall–Kier alpha value is -2.13. The number of hydrogen-bond acceptors (Lipinski definition) is 4. The highest BCUT2D eigenvalue weighted by Crippen LogP contribution is 2.54. The van der Waals surface area contributed by atoms with E-state index in [4.69, 9.17) is 13.5 Å². The Bertz CT molecular complexity index is 946. The van der Waals surface area contributed by atoms with Crippen molar-refractivity contribution >= 4 is 13.1 Å². The van der Waals surface area contributed by atoms with Gasteiger partial charge in [0.15, 0.2) is 0 Å². The number of furan rings is 1. The van der Waals surface area contributed by atoms with Crippen molar-refractivity contribution in [3.8, 4) is 11.3 Å². The first-order valence-corrected chi connectivity index (χ1v) is 10.6. The average molecular weight is 382 g/mol. The Morgan fingerprint density at radius 3 is 2.15 bits per heavy atom. The van der Waals surface area contributed by atoms with Gasteiger partial charge in [0, 0.05) is 23.0 Å². The summed E-state index contributed by atoms with van der Waals surface area (Å²) in [5.41, 5.74) is 3.04. The molecule has 0 atom stereocenters. The average Bonchev–Trinajstić information content (AvgIpc) is 3.11. The van der Waals surface area contributed by atoms with Crippen LogP contribution >= 0.6 is 7.60 Å². The first kappa shape index (κ1) is 18.2. The van der Waals surface area contributed by atoms with Crippen molar-refractivity contribution in [2.75, 3.05) is 13.2 Å². The zero-order chi connectivity index (χ0) is 18.9. The van der Waals surface area contributed by atoms with Gasteiger partial charge in [-0.2, -0.15) is 0 Å².